The molecule has 1 fully saturated rings. The fourth-order valence-corrected chi connectivity index (χ4v) is 2.86. The van der Waals surface area contributed by atoms with E-state index in [9.17, 15) is 8.42 Å². The zero-order chi connectivity index (χ0) is 10.8. The molecular weight excluding hydrogens is 315 g/mol. The van der Waals surface area contributed by atoms with Crippen molar-refractivity contribution in [1.82, 2.24) is 7.84 Å². The van der Waals surface area contributed by atoms with Crippen molar-refractivity contribution in [3.63, 3.8) is 0 Å². The molecule has 1 saturated heterocycles. The molecule has 0 unspecified atom stereocenters. The maximum Gasteiger partial charge on any atom is 0.214 e. The lowest BCUT2D eigenvalue weighted by molar-refractivity contribution is 0.351. The number of piperidine rings is 1. The molecule has 1 rings (SSSR count). The quantitative estimate of drug-likeness (QED) is 0.623. The van der Waals surface area contributed by atoms with E-state index in [2.05, 4.69) is 30.7 Å². The highest BCUT2D eigenvalue weighted by atomic mass is 127. The van der Waals surface area contributed by atoms with Gasteiger partial charge in [0.1, 0.15) is 0 Å². The summed E-state index contributed by atoms with van der Waals surface area (Å²) in [5.74, 6) is 0. The second kappa shape index (κ2) is 5.09. The van der Waals surface area contributed by atoms with Gasteiger partial charge < -0.3 is 0 Å². The number of rotatable bonds is 3. The Hall–Kier alpha value is 0.600. The molecule has 0 aliphatic carbocycles. The highest BCUT2D eigenvalue weighted by molar-refractivity contribution is 14.1. The molecule has 0 spiro atoms. The van der Waals surface area contributed by atoms with Crippen LogP contribution in [0.1, 0.15) is 26.7 Å². The highest BCUT2D eigenvalue weighted by Crippen LogP contribution is 2.15. The number of hydrogen-bond acceptors (Lipinski definition) is 3. The van der Waals surface area contributed by atoms with Gasteiger partial charge in [0.15, 0.2) is 0 Å². The third-order valence-corrected chi connectivity index (χ3v) is 5.26. The Morgan fingerprint density at radius 3 is 2.29 bits per heavy atom. The van der Waals surface area contributed by atoms with Crippen LogP contribution in [-0.2, 0) is 10.0 Å². The van der Waals surface area contributed by atoms with E-state index in [0.717, 1.165) is 25.9 Å². The lowest BCUT2D eigenvalue weighted by Gasteiger charge is -2.28. The largest absolute Gasteiger partial charge is 0.247 e. The van der Waals surface area contributed by atoms with Crippen LogP contribution in [0.5, 0.6) is 0 Å². The second-order valence-corrected chi connectivity index (χ2v) is 7.53. The van der Waals surface area contributed by atoms with Crippen molar-refractivity contribution < 1.29 is 8.42 Å². The van der Waals surface area contributed by atoms with E-state index in [-0.39, 0.29) is 11.3 Å². The molecule has 0 radical (unpaired) electrons. The Morgan fingerprint density at radius 2 is 1.86 bits per heavy atom. The first-order valence-electron chi connectivity index (χ1n) is 4.83. The van der Waals surface area contributed by atoms with E-state index in [0.29, 0.717) is 0 Å². The number of nitrogens with zero attached hydrogens (tertiary/aromatic N) is 1. The van der Waals surface area contributed by atoms with Gasteiger partial charge in [-0.15, -0.1) is 0 Å². The highest BCUT2D eigenvalue weighted by Gasteiger charge is 2.24. The van der Waals surface area contributed by atoms with Crippen molar-refractivity contribution in [2.75, 3.05) is 13.1 Å². The molecule has 6 heteroatoms. The third kappa shape index (κ3) is 3.63. The molecule has 14 heavy (non-hydrogen) atoms. The zero-order valence-electron chi connectivity index (χ0n) is 8.53. The van der Waals surface area contributed by atoms with Gasteiger partial charge >= 0.3 is 0 Å². The predicted octanol–water partition coefficient (Wildman–Crippen LogP) is 1.13. The Balaban J connectivity index is 2.46. The normalized spacial score (nSPS) is 21.7. The first-order valence-corrected chi connectivity index (χ1v) is 7.35. The van der Waals surface area contributed by atoms with Crippen LogP contribution in [0.4, 0.5) is 0 Å². The van der Waals surface area contributed by atoms with Crippen molar-refractivity contribution >= 4 is 32.9 Å². The molecule has 0 saturated carbocycles. The van der Waals surface area contributed by atoms with Crippen molar-refractivity contribution in [1.29, 1.82) is 0 Å². The zero-order valence-corrected chi connectivity index (χ0v) is 11.5. The van der Waals surface area contributed by atoms with Gasteiger partial charge in [-0.3, -0.25) is 0 Å². The number of nitrogens with one attached hydrogen (secondary N) is 1. The molecule has 84 valence electrons. The van der Waals surface area contributed by atoms with Gasteiger partial charge in [0.05, 0.1) is 5.25 Å². The third-order valence-electron chi connectivity index (χ3n) is 2.39. The van der Waals surface area contributed by atoms with Crippen LogP contribution in [0.25, 0.3) is 0 Å². The Labute approximate surface area is 100.0 Å². The molecule has 1 aliphatic rings. The Morgan fingerprint density at radius 1 is 1.36 bits per heavy atom. The summed E-state index contributed by atoms with van der Waals surface area (Å²) in [4.78, 5) is 0. The van der Waals surface area contributed by atoms with E-state index >= 15 is 0 Å². The minimum absolute atomic E-state index is 0.133. The van der Waals surface area contributed by atoms with Crippen molar-refractivity contribution in [3.8, 4) is 0 Å². The fraction of sp³-hybridized carbons (Fsp3) is 1.00. The Bertz CT molecular complexity index is 271. The van der Waals surface area contributed by atoms with Crippen LogP contribution in [0.2, 0.25) is 0 Å². The molecule has 1 heterocycles. The lowest BCUT2D eigenvalue weighted by atomic mass is 10.1. The Kier molecular flexibility index (Phi) is 4.60. The minimum Gasteiger partial charge on any atom is -0.247 e. The molecule has 0 amide bonds. The van der Waals surface area contributed by atoms with Gasteiger partial charge in [-0.2, -0.15) is 0 Å². The number of halogens is 1. The monoisotopic (exact) mass is 332 g/mol. The maximum absolute atomic E-state index is 11.6. The fourth-order valence-electron chi connectivity index (χ4n) is 1.33. The van der Waals surface area contributed by atoms with Gasteiger partial charge in [-0.05, 0) is 26.7 Å². The summed E-state index contributed by atoms with van der Waals surface area (Å²) in [6.07, 6.45) is 1.82. The van der Waals surface area contributed by atoms with Crippen LogP contribution < -0.4 is 4.72 Å². The molecule has 0 aromatic carbocycles. The molecule has 0 aromatic rings. The predicted molar refractivity (Wildman–Crippen MR) is 65.8 cm³/mol. The van der Waals surface area contributed by atoms with Crippen molar-refractivity contribution in [2.24, 2.45) is 0 Å². The average molecular weight is 332 g/mol. The topological polar surface area (TPSA) is 49.4 Å². The van der Waals surface area contributed by atoms with E-state index in [4.69, 9.17) is 0 Å². The first kappa shape index (κ1) is 12.7. The van der Waals surface area contributed by atoms with E-state index in [1.807, 2.05) is 0 Å². The van der Waals surface area contributed by atoms with E-state index in [1.54, 1.807) is 13.8 Å². The summed E-state index contributed by atoms with van der Waals surface area (Å²) in [7, 11) is -3.09. The SMILES string of the molecule is CC(C)S(=O)(=O)NC1CCN(I)CC1. The molecule has 0 bridgehead atoms. The van der Waals surface area contributed by atoms with E-state index < -0.39 is 10.0 Å². The molecule has 1 N–H and O–H groups in total. The average Bonchev–Trinajstić information content (AvgIpc) is 2.08. The van der Waals surface area contributed by atoms with Gasteiger partial charge in [0.2, 0.25) is 10.0 Å². The molecule has 0 aromatic heterocycles. The lowest BCUT2D eigenvalue weighted by Crippen LogP contribution is -2.44. The van der Waals surface area contributed by atoms with Crippen molar-refractivity contribution in [2.45, 2.75) is 38.0 Å². The molecular formula is C8H17IN2O2S. The minimum atomic E-state index is -3.09. The maximum atomic E-state index is 11.6. The van der Waals surface area contributed by atoms with Crippen molar-refractivity contribution in [3.05, 3.63) is 0 Å². The molecule has 1 aliphatic heterocycles. The molecule has 0 atom stereocenters. The summed E-state index contributed by atoms with van der Waals surface area (Å²) in [5, 5.41) is -0.333. The van der Waals surface area contributed by atoms with Crippen LogP contribution >= 0.6 is 22.9 Å². The molecule has 4 nitrogen and oxygen atoms in total. The van der Waals surface area contributed by atoms with Crippen LogP contribution in [-0.4, -0.2) is 35.9 Å². The van der Waals surface area contributed by atoms with E-state index in [1.165, 1.54) is 0 Å². The van der Waals surface area contributed by atoms with Crippen LogP contribution in [0.15, 0.2) is 0 Å². The second-order valence-electron chi connectivity index (χ2n) is 3.90. The summed E-state index contributed by atoms with van der Waals surface area (Å²) in [6.45, 7) is 5.34. The number of sulfonamides is 1. The van der Waals surface area contributed by atoms with Gasteiger partial charge in [0, 0.05) is 42.0 Å². The summed E-state index contributed by atoms with van der Waals surface area (Å²) in [6, 6.07) is 0.133. The first-order chi connectivity index (χ1) is 6.42. The van der Waals surface area contributed by atoms with Crippen LogP contribution in [0, 0.1) is 0 Å². The summed E-state index contributed by atoms with van der Waals surface area (Å²) < 4.78 is 28.1. The summed E-state index contributed by atoms with van der Waals surface area (Å²) in [5.41, 5.74) is 0. The van der Waals surface area contributed by atoms with Crippen LogP contribution in [0.3, 0.4) is 0 Å². The smallest absolute Gasteiger partial charge is 0.214 e. The summed E-state index contributed by atoms with van der Waals surface area (Å²) >= 11 is 2.27. The standard InChI is InChI=1S/C8H17IN2O2S/c1-7(2)14(12,13)10-8-3-5-11(9)6-4-8/h7-8,10H,3-6H2,1-2H3. The van der Waals surface area contributed by atoms with Gasteiger partial charge in [-0.1, -0.05) is 0 Å². The number of hydrogen-bond donors (Lipinski definition) is 1. The van der Waals surface area contributed by atoms with Gasteiger partial charge in [0.25, 0.3) is 0 Å². The van der Waals surface area contributed by atoms with Gasteiger partial charge in [-0.25, -0.2) is 16.3 Å².